The normalized spacial score (nSPS) is 17.1. The number of fused-ring (bicyclic) bond motifs is 1. The number of rotatable bonds is 3. The van der Waals surface area contributed by atoms with Crippen LogP contribution in [0.2, 0.25) is 0 Å². The highest BCUT2D eigenvalue weighted by Crippen LogP contribution is 2.36. The lowest BCUT2D eigenvalue weighted by Gasteiger charge is -2.07. The van der Waals surface area contributed by atoms with Crippen molar-refractivity contribution in [2.75, 3.05) is 5.32 Å². The molecule has 0 saturated heterocycles. The van der Waals surface area contributed by atoms with Gasteiger partial charge in [-0.3, -0.25) is 4.79 Å². The lowest BCUT2D eigenvalue weighted by atomic mass is 9.98. The van der Waals surface area contributed by atoms with Gasteiger partial charge in [0.15, 0.2) is 5.13 Å². The van der Waals surface area contributed by atoms with Gasteiger partial charge in [0.2, 0.25) is 5.91 Å². The van der Waals surface area contributed by atoms with Crippen molar-refractivity contribution in [3.05, 3.63) is 77.6 Å². The van der Waals surface area contributed by atoms with Crippen LogP contribution in [-0.2, 0) is 4.79 Å². The Hall–Kier alpha value is -3.56. The van der Waals surface area contributed by atoms with E-state index in [9.17, 15) is 9.18 Å². The van der Waals surface area contributed by atoms with E-state index >= 15 is 0 Å². The van der Waals surface area contributed by atoms with Gasteiger partial charge in [0.25, 0.3) is 0 Å². The molecule has 1 aliphatic carbocycles. The Morgan fingerprint density at radius 3 is 2.81 bits per heavy atom. The van der Waals surface area contributed by atoms with Gasteiger partial charge in [-0.1, -0.05) is 35.5 Å². The van der Waals surface area contributed by atoms with Crippen molar-refractivity contribution in [2.45, 2.75) is 19.5 Å². The molecule has 31 heavy (non-hydrogen) atoms. The molecule has 1 fully saturated rings. The summed E-state index contributed by atoms with van der Waals surface area (Å²) in [5, 5.41) is 3.24. The lowest BCUT2D eigenvalue weighted by molar-refractivity contribution is -0.117. The second kappa shape index (κ2) is 7.93. The van der Waals surface area contributed by atoms with Crippen LogP contribution >= 0.6 is 11.3 Å². The molecule has 4 aromatic rings. The van der Waals surface area contributed by atoms with Crippen LogP contribution in [-0.4, -0.2) is 22.0 Å². The van der Waals surface area contributed by atoms with Gasteiger partial charge in [-0.2, -0.15) is 0 Å². The fraction of sp³-hybridized carbons (Fsp3) is 0.160. The van der Waals surface area contributed by atoms with Gasteiger partial charge in [-0.15, -0.1) is 0 Å². The van der Waals surface area contributed by atoms with E-state index in [4.69, 9.17) is 0 Å². The summed E-state index contributed by atoms with van der Waals surface area (Å²) in [4.78, 5) is 20.7. The molecule has 2 aromatic heterocycles. The number of aromatic nitrogens is 2. The summed E-state index contributed by atoms with van der Waals surface area (Å²) in [6.07, 6.45) is 1.02. The van der Waals surface area contributed by atoms with Gasteiger partial charge >= 0.3 is 0 Å². The number of benzene rings is 2. The summed E-state index contributed by atoms with van der Waals surface area (Å²) in [7, 11) is 0. The average molecular weight is 428 g/mol. The second-order valence-corrected chi connectivity index (χ2v) is 8.57. The molecule has 2 heterocycles. The van der Waals surface area contributed by atoms with E-state index in [2.05, 4.69) is 52.2 Å². The van der Waals surface area contributed by atoms with Gasteiger partial charge in [0, 0.05) is 11.8 Å². The standard InChI is InChI=1S/C25H18FN3OS/c1-15-5-6-16(7-9-18-4-2-3-11-27-18)12-19(15)17-8-10-22-23(13-17)31-25(28-22)29-24(30)20-14-21(20)26/h2-6,8,10-13,20-21H,14H2,1H3,(H,28,29,30)/t20-,21+/m1/s1. The highest BCUT2D eigenvalue weighted by molar-refractivity contribution is 7.22. The van der Waals surface area contributed by atoms with E-state index in [1.165, 1.54) is 11.3 Å². The maximum atomic E-state index is 13.1. The first-order valence-electron chi connectivity index (χ1n) is 9.96. The number of pyridine rings is 1. The molecule has 0 radical (unpaired) electrons. The molecule has 2 aromatic carbocycles. The number of nitrogens with zero attached hydrogens (tertiary/aromatic N) is 2. The Balaban J connectivity index is 1.43. The number of alkyl halides is 1. The molecule has 1 N–H and O–H groups in total. The van der Waals surface area contributed by atoms with Crippen LogP contribution in [0, 0.1) is 24.7 Å². The molecule has 5 rings (SSSR count). The highest BCUT2D eigenvalue weighted by Gasteiger charge is 2.43. The summed E-state index contributed by atoms with van der Waals surface area (Å²) in [6, 6.07) is 17.8. The van der Waals surface area contributed by atoms with Crippen LogP contribution in [0.3, 0.4) is 0 Å². The summed E-state index contributed by atoms with van der Waals surface area (Å²) in [5.41, 5.74) is 5.74. The first-order valence-corrected chi connectivity index (χ1v) is 10.8. The van der Waals surface area contributed by atoms with Crippen molar-refractivity contribution < 1.29 is 9.18 Å². The number of anilines is 1. The molecule has 1 amide bonds. The van der Waals surface area contributed by atoms with Gasteiger partial charge < -0.3 is 5.32 Å². The molecule has 0 unspecified atom stereocenters. The quantitative estimate of drug-likeness (QED) is 0.448. The minimum absolute atomic E-state index is 0.290. The zero-order chi connectivity index (χ0) is 21.4. The van der Waals surface area contributed by atoms with Crippen LogP contribution < -0.4 is 5.32 Å². The SMILES string of the molecule is Cc1ccc(C#Cc2ccccn2)cc1-c1ccc2nc(NC(=O)[C@@H]3C[C@@H]3F)sc2c1. The van der Waals surface area contributed by atoms with Crippen molar-refractivity contribution in [3.8, 4) is 23.0 Å². The van der Waals surface area contributed by atoms with E-state index in [1.54, 1.807) is 6.20 Å². The molecule has 2 atom stereocenters. The Kier molecular flexibility index (Phi) is 4.97. The largest absolute Gasteiger partial charge is 0.302 e. The van der Waals surface area contributed by atoms with E-state index in [-0.39, 0.29) is 5.91 Å². The lowest BCUT2D eigenvalue weighted by Crippen LogP contribution is -2.14. The van der Waals surface area contributed by atoms with Crippen molar-refractivity contribution in [2.24, 2.45) is 5.92 Å². The first kappa shape index (κ1) is 19.4. The Bertz CT molecular complexity index is 1350. The number of hydrogen-bond donors (Lipinski definition) is 1. The van der Waals surface area contributed by atoms with E-state index in [0.29, 0.717) is 11.6 Å². The van der Waals surface area contributed by atoms with E-state index in [0.717, 1.165) is 38.2 Å². The van der Waals surface area contributed by atoms with Gasteiger partial charge in [-0.25, -0.2) is 14.4 Å². The molecule has 0 bridgehead atoms. The molecule has 1 saturated carbocycles. The average Bonchev–Trinajstić information content (AvgIpc) is 3.38. The molecule has 0 spiro atoms. The maximum absolute atomic E-state index is 13.1. The van der Waals surface area contributed by atoms with Crippen molar-refractivity contribution in [3.63, 3.8) is 0 Å². The van der Waals surface area contributed by atoms with Crippen LogP contribution in [0.4, 0.5) is 9.52 Å². The number of carbonyl (C=O) groups is 1. The van der Waals surface area contributed by atoms with Gasteiger partial charge in [0.1, 0.15) is 11.9 Å². The zero-order valence-corrected chi connectivity index (χ0v) is 17.5. The number of carbonyl (C=O) groups excluding carboxylic acids is 1. The topological polar surface area (TPSA) is 54.9 Å². The highest BCUT2D eigenvalue weighted by atomic mass is 32.1. The predicted octanol–water partition coefficient (Wildman–Crippen LogP) is 5.36. The number of halogens is 1. The molecule has 6 heteroatoms. The summed E-state index contributed by atoms with van der Waals surface area (Å²) in [6.45, 7) is 2.07. The fourth-order valence-corrected chi connectivity index (χ4v) is 4.27. The third-order valence-electron chi connectivity index (χ3n) is 5.22. The van der Waals surface area contributed by atoms with Gasteiger partial charge in [0.05, 0.1) is 16.1 Å². The smallest absolute Gasteiger partial charge is 0.232 e. The van der Waals surface area contributed by atoms with Crippen molar-refractivity contribution >= 4 is 32.6 Å². The number of aryl methyl sites for hydroxylation is 1. The number of nitrogens with one attached hydrogen (secondary N) is 1. The third kappa shape index (κ3) is 4.18. The molecule has 4 nitrogen and oxygen atoms in total. The van der Waals surface area contributed by atoms with Gasteiger partial charge in [-0.05, 0) is 72.4 Å². The van der Waals surface area contributed by atoms with Crippen LogP contribution in [0.1, 0.15) is 23.2 Å². The molecule has 152 valence electrons. The van der Waals surface area contributed by atoms with Crippen LogP contribution in [0.5, 0.6) is 0 Å². The Morgan fingerprint density at radius 1 is 1.16 bits per heavy atom. The molecular formula is C25H18FN3OS. The summed E-state index contributed by atoms with van der Waals surface area (Å²) >= 11 is 1.40. The number of hydrogen-bond acceptors (Lipinski definition) is 4. The zero-order valence-electron chi connectivity index (χ0n) is 16.7. The summed E-state index contributed by atoms with van der Waals surface area (Å²) in [5.74, 6) is 5.45. The monoisotopic (exact) mass is 427 g/mol. The predicted molar refractivity (Wildman–Crippen MR) is 122 cm³/mol. The Morgan fingerprint density at radius 2 is 2.03 bits per heavy atom. The minimum Gasteiger partial charge on any atom is -0.302 e. The molecular weight excluding hydrogens is 409 g/mol. The second-order valence-electron chi connectivity index (χ2n) is 7.54. The van der Waals surface area contributed by atoms with E-state index < -0.39 is 12.1 Å². The van der Waals surface area contributed by atoms with Crippen LogP contribution in [0.25, 0.3) is 21.3 Å². The first-order chi connectivity index (χ1) is 15.1. The summed E-state index contributed by atoms with van der Waals surface area (Å²) < 4.78 is 14.1. The number of amides is 1. The van der Waals surface area contributed by atoms with Crippen molar-refractivity contribution in [1.29, 1.82) is 0 Å². The number of thiazole rings is 1. The fourth-order valence-electron chi connectivity index (χ4n) is 3.36. The maximum Gasteiger partial charge on any atom is 0.232 e. The molecule has 1 aliphatic rings. The minimum atomic E-state index is -1.02. The molecule has 0 aliphatic heterocycles. The van der Waals surface area contributed by atoms with Crippen LogP contribution in [0.15, 0.2) is 60.8 Å². The third-order valence-corrected chi connectivity index (χ3v) is 6.15. The van der Waals surface area contributed by atoms with E-state index in [1.807, 2.05) is 36.4 Å². The Labute approximate surface area is 183 Å². The van der Waals surface area contributed by atoms with Crippen molar-refractivity contribution in [1.82, 2.24) is 9.97 Å².